The molecule has 1 heterocycles. The third kappa shape index (κ3) is 5.54. The lowest BCUT2D eigenvalue weighted by Gasteiger charge is -2.34. The van der Waals surface area contributed by atoms with E-state index in [9.17, 15) is 15.2 Å². The van der Waals surface area contributed by atoms with E-state index in [0.717, 1.165) is 18.7 Å². The Morgan fingerprint density at radius 1 is 1.39 bits per heavy atom. The molecule has 0 aromatic heterocycles. The molecule has 0 aliphatic carbocycles. The van der Waals surface area contributed by atoms with Gasteiger partial charge in [0.25, 0.3) is 5.69 Å². The van der Waals surface area contributed by atoms with Crippen LogP contribution in [0.1, 0.15) is 25.5 Å². The van der Waals surface area contributed by atoms with Crippen LogP contribution in [0.25, 0.3) is 0 Å². The molecule has 128 valence electrons. The van der Waals surface area contributed by atoms with Crippen LogP contribution in [-0.2, 0) is 4.74 Å². The molecule has 2 rings (SSSR count). The van der Waals surface area contributed by atoms with Gasteiger partial charge in [-0.1, -0.05) is 12.1 Å². The van der Waals surface area contributed by atoms with Crippen molar-refractivity contribution in [3.05, 3.63) is 39.9 Å². The van der Waals surface area contributed by atoms with Crippen LogP contribution in [0.2, 0.25) is 0 Å². The van der Waals surface area contributed by atoms with Crippen molar-refractivity contribution in [1.29, 1.82) is 0 Å². The molecule has 2 N–H and O–H groups in total. The summed E-state index contributed by atoms with van der Waals surface area (Å²) in [4.78, 5) is 12.5. The predicted molar refractivity (Wildman–Crippen MR) is 87.4 cm³/mol. The number of hydrogen-bond acceptors (Lipinski definition) is 6. The van der Waals surface area contributed by atoms with Crippen molar-refractivity contribution in [3.63, 3.8) is 0 Å². The summed E-state index contributed by atoms with van der Waals surface area (Å²) >= 11 is 0. The van der Waals surface area contributed by atoms with Crippen LogP contribution in [0.5, 0.6) is 0 Å². The Bertz CT molecular complexity index is 513. The number of rotatable bonds is 7. The molecule has 0 bridgehead atoms. The van der Waals surface area contributed by atoms with Gasteiger partial charge in [-0.2, -0.15) is 0 Å². The first kappa shape index (κ1) is 17.8. The summed E-state index contributed by atoms with van der Waals surface area (Å²) in [5.74, 6) is 0. The molecule has 1 aliphatic rings. The highest BCUT2D eigenvalue weighted by atomic mass is 16.6. The summed E-state index contributed by atoms with van der Waals surface area (Å²) in [7, 11) is 0. The number of morpholine rings is 1. The third-order valence-corrected chi connectivity index (χ3v) is 4.06. The molecule has 0 spiro atoms. The summed E-state index contributed by atoms with van der Waals surface area (Å²) in [6.07, 6.45) is 0. The Balaban J connectivity index is 1.84. The zero-order valence-corrected chi connectivity index (χ0v) is 13.7. The molecule has 1 aliphatic heterocycles. The highest BCUT2D eigenvalue weighted by Crippen LogP contribution is 2.18. The Morgan fingerprint density at radius 2 is 2.00 bits per heavy atom. The maximum Gasteiger partial charge on any atom is 0.269 e. The van der Waals surface area contributed by atoms with Crippen molar-refractivity contribution in [2.75, 3.05) is 39.4 Å². The topological polar surface area (TPSA) is 87.9 Å². The monoisotopic (exact) mass is 323 g/mol. The van der Waals surface area contributed by atoms with Gasteiger partial charge in [-0.3, -0.25) is 15.0 Å². The van der Waals surface area contributed by atoms with E-state index in [0.29, 0.717) is 26.3 Å². The first-order chi connectivity index (χ1) is 10.9. The number of nitro groups is 1. The second-order valence-corrected chi connectivity index (χ2v) is 6.34. The number of non-ortho nitro benzene ring substituents is 1. The standard InChI is InChI=1S/C16H25N3O4/c1-13(14-3-5-15(6-4-14)19(21)22)17-11-16(2,20)12-18-7-9-23-10-8-18/h3-6,13,17,20H,7-12H2,1-2H3/t13-,16+/m0/s1. The Kier molecular flexibility index (Phi) is 6.06. The maximum absolute atomic E-state index is 10.7. The zero-order chi connectivity index (χ0) is 16.9. The number of nitrogens with zero attached hydrogens (tertiary/aromatic N) is 2. The van der Waals surface area contributed by atoms with Crippen molar-refractivity contribution in [2.24, 2.45) is 0 Å². The van der Waals surface area contributed by atoms with E-state index in [-0.39, 0.29) is 11.7 Å². The van der Waals surface area contributed by atoms with Crippen molar-refractivity contribution < 1.29 is 14.8 Å². The van der Waals surface area contributed by atoms with Gasteiger partial charge < -0.3 is 15.2 Å². The van der Waals surface area contributed by atoms with Crippen molar-refractivity contribution in [2.45, 2.75) is 25.5 Å². The summed E-state index contributed by atoms with van der Waals surface area (Å²) in [5.41, 5.74) is 0.199. The summed E-state index contributed by atoms with van der Waals surface area (Å²) < 4.78 is 5.31. The summed E-state index contributed by atoms with van der Waals surface area (Å²) in [6, 6.07) is 6.49. The van der Waals surface area contributed by atoms with E-state index in [2.05, 4.69) is 10.2 Å². The van der Waals surface area contributed by atoms with Crippen LogP contribution in [0.15, 0.2) is 24.3 Å². The van der Waals surface area contributed by atoms with E-state index >= 15 is 0 Å². The molecule has 23 heavy (non-hydrogen) atoms. The fourth-order valence-corrected chi connectivity index (χ4v) is 2.67. The van der Waals surface area contributed by atoms with Crippen LogP contribution >= 0.6 is 0 Å². The lowest BCUT2D eigenvalue weighted by atomic mass is 10.0. The SMILES string of the molecule is C[C@H](NC[C@@](C)(O)CN1CCOCC1)c1ccc([N+](=O)[O-])cc1. The van der Waals surface area contributed by atoms with Crippen LogP contribution in [0.3, 0.4) is 0 Å². The third-order valence-electron chi connectivity index (χ3n) is 4.06. The lowest BCUT2D eigenvalue weighted by Crippen LogP contribution is -2.50. The fourth-order valence-electron chi connectivity index (χ4n) is 2.67. The first-order valence-electron chi connectivity index (χ1n) is 7.88. The minimum absolute atomic E-state index is 0.00645. The van der Waals surface area contributed by atoms with E-state index in [1.54, 1.807) is 12.1 Å². The normalized spacial score (nSPS) is 20.0. The van der Waals surface area contributed by atoms with Crippen LogP contribution in [0, 0.1) is 10.1 Å². The van der Waals surface area contributed by atoms with Crippen LogP contribution < -0.4 is 5.32 Å². The molecule has 0 radical (unpaired) electrons. The summed E-state index contributed by atoms with van der Waals surface area (Å²) in [5, 5.41) is 24.5. The number of nitrogens with one attached hydrogen (secondary N) is 1. The molecule has 0 amide bonds. The van der Waals surface area contributed by atoms with Gasteiger partial charge >= 0.3 is 0 Å². The quantitative estimate of drug-likeness (QED) is 0.581. The van der Waals surface area contributed by atoms with E-state index in [1.165, 1.54) is 12.1 Å². The molecule has 7 nitrogen and oxygen atoms in total. The molecule has 1 saturated heterocycles. The van der Waals surface area contributed by atoms with Crippen LogP contribution in [-0.4, -0.2) is 59.9 Å². The van der Waals surface area contributed by atoms with Crippen molar-refractivity contribution >= 4 is 5.69 Å². The molecule has 0 unspecified atom stereocenters. The van der Waals surface area contributed by atoms with Gasteiger partial charge in [-0.15, -0.1) is 0 Å². The van der Waals surface area contributed by atoms with Gasteiger partial charge in [0.15, 0.2) is 0 Å². The fraction of sp³-hybridized carbons (Fsp3) is 0.625. The lowest BCUT2D eigenvalue weighted by molar-refractivity contribution is -0.384. The predicted octanol–water partition coefficient (Wildman–Crippen LogP) is 1.33. The van der Waals surface area contributed by atoms with Gasteiger partial charge in [0, 0.05) is 44.4 Å². The van der Waals surface area contributed by atoms with E-state index in [1.807, 2.05) is 13.8 Å². The number of β-amino-alcohol motifs (C(OH)–C–C–N with tert-alkyl or cyclic N) is 1. The number of aliphatic hydroxyl groups is 1. The minimum atomic E-state index is -0.841. The van der Waals surface area contributed by atoms with E-state index < -0.39 is 10.5 Å². The highest BCUT2D eigenvalue weighted by Gasteiger charge is 2.25. The first-order valence-corrected chi connectivity index (χ1v) is 7.88. The molecule has 1 fully saturated rings. The Hall–Kier alpha value is -1.54. The van der Waals surface area contributed by atoms with Crippen molar-refractivity contribution in [3.8, 4) is 0 Å². The highest BCUT2D eigenvalue weighted by molar-refractivity contribution is 5.34. The molecular weight excluding hydrogens is 298 g/mol. The van der Waals surface area contributed by atoms with E-state index in [4.69, 9.17) is 4.74 Å². The van der Waals surface area contributed by atoms with Gasteiger partial charge in [-0.25, -0.2) is 0 Å². The largest absolute Gasteiger partial charge is 0.388 e. The second-order valence-electron chi connectivity index (χ2n) is 6.34. The molecular formula is C16H25N3O4. The summed E-state index contributed by atoms with van der Waals surface area (Å²) in [6.45, 7) is 7.94. The molecule has 7 heteroatoms. The van der Waals surface area contributed by atoms with Crippen LogP contribution in [0.4, 0.5) is 5.69 Å². The Labute approximate surface area is 136 Å². The second kappa shape index (κ2) is 7.83. The maximum atomic E-state index is 10.7. The molecule has 1 aromatic carbocycles. The van der Waals surface area contributed by atoms with Gasteiger partial charge in [0.1, 0.15) is 0 Å². The van der Waals surface area contributed by atoms with Crippen molar-refractivity contribution in [1.82, 2.24) is 10.2 Å². The molecule has 2 atom stereocenters. The molecule has 1 aromatic rings. The number of ether oxygens (including phenoxy) is 1. The van der Waals surface area contributed by atoms with Gasteiger partial charge in [-0.05, 0) is 19.4 Å². The number of benzene rings is 1. The van der Waals surface area contributed by atoms with Gasteiger partial charge in [0.2, 0.25) is 0 Å². The number of nitro benzene ring substituents is 1. The average Bonchev–Trinajstić information content (AvgIpc) is 2.53. The number of hydrogen-bond donors (Lipinski definition) is 2. The average molecular weight is 323 g/mol. The van der Waals surface area contributed by atoms with Gasteiger partial charge in [0.05, 0.1) is 23.7 Å². The Morgan fingerprint density at radius 3 is 2.57 bits per heavy atom. The smallest absolute Gasteiger partial charge is 0.269 e. The zero-order valence-electron chi connectivity index (χ0n) is 13.7. The minimum Gasteiger partial charge on any atom is -0.388 e. The molecule has 0 saturated carbocycles.